The van der Waals surface area contributed by atoms with Gasteiger partial charge in [-0.25, -0.2) is 0 Å². The van der Waals surface area contributed by atoms with Gasteiger partial charge in [0.15, 0.2) is 18.4 Å². The first kappa shape index (κ1) is 37.4. The zero-order valence-corrected chi connectivity index (χ0v) is 30.5. The number of aliphatic hydroxyl groups is 7. The zero-order valence-electron chi connectivity index (χ0n) is 30.5. The van der Waals surface area contributed by atoms with Crippen LogP contribution in [0.4, 0.5) is 0 Å². The molecule has 0 aromatic heterocycles. The topological polar surface area (TPSA) is 197 Å². The molecule has 4 saturated heterocycles. The lowest BCUT2D eigenvalue weighted by molar-refractivity contribution is -0.369. The van der Waals surface area contributed by atoms with E-state index in [0.29, 0.717) is 48.3 Å². The third-order valence-electron chi connectivity index (χ3n) is 15.8. The summed E-state index contributed by atoms with van der Waals surface area (Å²) in [6, 6.07) is 0. The smallest absolute Gasteiger partial charge is 0.187 e. The van der Waals surface area contributed by atoms with Crippen LogP contribution in [-0.2, 0) is 28.4 Å². The number of rotatable bonds is 5. The number of hydrogen-bond donors (Lipinski definition) is 7. The van der Waals surface area contributed by atoms with E-state index in [9.17, 15) is 35.7 Å². The first-order valence-electron chi connectivity index (χ1n) is 19.8. The van der Waals surface area contributed by atoms with Crippen molar-refractivity contribution >= 4 is 0 Å². The van der Waals surface area contributed by atoms with Crippen LogP contribution in [-0.4, -0.2) is 135 Å². The fourth-order valence-corrected chi connectivity index (χ4v) is 13.0. The highest BCUT2D eigenvalue weighted by Crippen LogP contribution is 2.71. The summed E-state index contributed by atoms with van der Waals surface area (Å²) in [5, 5.41) is 74.2. The van der Waals surface area contributed by atoms with Gasteiger partial charge in [0.1, 0.15) is 42.7 Å². The lowest BCUT2D eigenvalue weighted by Crippen LogP contribution is -2.65. The normalized spacial score (nSPS) is 59.9. The van der Waals surface area contributed by atoms with Crippen LogP contribution in [0, 0.1) is 52.3 Å². The molecule has 0 radical (unpaired) electrons. The van der Waals surface area contributed by atoms with E-state index >= 15 is 0 Å². The van der Waals surface area contributed by atoms with Gasteiger partial charge >= 0.3 is 0 Å². The van der Waals surface area contributed by atoms with E-state index in [1.165, 1.54) is 0 Å². The van der Waals surface area contributed by atoms with Crippen LogP contribution in [0.1, 0.15) is 85.5 Å². The third-order valence-corrected chi connectivity index (χ3v) is 15.8. The maximum Gasteiger partial charge on any atom is 0.187 e. The highest BCUT2D eigenvalue weighted by atomic mass is 16.8. The molecule has 13 nitrogen and oxygen atoms in total. The minimum atomic E-state index is -1.63. The van der Waals surface area contributed by atoms with Gasteiger partial charge in [0.05, 0.1) is 38.1 Å². The Kier molecular flexibility index (Phi) is 9.97. The molecule has 13 heteroatoms. The van der Waals surface area contributed by atoms with Crippen molar-refractivity contribution in [1.82, 2.24) is 0 Å². The molecule has 7 N–H and O–H groups in total. The van der Waals surface area contributed by atoms with Crippen molar-refractivity contribution < 1.29 is 64.2 Å². The van der Waals surface area contributed by atoms with E-state index in [-0.39, 0.29) is 29.5 Å². The first-order valence-corrected chi connectivity index (χ1v) is 19.8. The zero-order chi connectivity index (χ0) is 36.2. The largest absolute Gasteiger partial charge is 0.394 e. The van der Waals surface area contributed by atoms with Crippen LogP contribution in [0.25, 0.3) is 0 Å². The Balaban J connectivity index is 1.08. The fraction of sp³-hybridized carbons (Fsp3) is 1.00. The molecule has 0 aromatic rings. The second-order valence-electron chi connectivity index (χ2n) is 18.4. The summed E-state index contributed by atoms with van der Waals surface area (Å²) in [7, 11) is 0. The van der Waals surface area contributed by atoms with Crippen molar-refractivity contribution in [2.45, 2.75) is 165 Å². The molecular formula is C38H62O13. The molecule has 4 aliphatic heterocycles. The Hall–Kier alpha value is -0.520. The molecule has 0 unspecified atom stereocenters. The SMILES string of the molecule is C[C@@H]1CC[C@@]2(OC1)O[C@H]1C[C@H]3[C@@H]4C[C@H](O[C@@H]5O[C@H](CO)[C@@H](O)[C@H](O)[C@H]5O[C@@H]5OC[C@@H](O)[C@H](O)[C@H]5O)[C@H]5C[C@@H](O)CC[C@]5(C)[C@H]4CC[C@]3(C)[C@H]1[C@@H]2C. The standard InChI is InChI=1S/C38H62O13/c1-17-5-10-38(47-15-17)18(2)28-26(51-38)13-22-20-12-25(23-11-19(40)6-8-36(23,3)21(20)7-9-37(22,28)4)48-35-33(31(44)30(43)27(14-39)49-35)50-34-32(45)29(42)24(41)16-46-34/h17-35,39-45H,5-16H2,1-4H3/t17-,18+,19+,20-,21+,22+,23-,24-,25+,26+,27-,28+,29+,30-,31+,32-,33-,34+,35-,36-,37+,38-/m1/s1. The van der Waals surface area contributed by atoms with E-state index in [4.69, 9.17) is 28.4 Å². The molecular weight excluding hydrogens is 664 g/mol. The van der Waals surface area contributed by atoms with E-state index in [1.807, 2.05) is 0 Å². The van der Waals surface area contributed by atoms with E-state index in [2.05, 4.69) is 27.7 Å². The van der Waals surface area contributed by atoms with Crippen molar-refractivity contribution in [3.8, 4) is 0 Å². The summed E-state index contributed by atoms with van der Waals surface area (Å²) in [6.07, 6.45) is -5.40. The molecule has 8 aliphatic rings. The Labute approximate surface area is 300 Å². The monoisotopic (exact) mass is 726 g/mol. The van der Waals surface area contributed by atoms with Crippen LogP contribution >= 0.6 is 0 Å². The fourth-order valence-electron chi connectivity index (χ4n) is 13.0. The first-order chi connectivity index (χ1) is 24.2. The number of hydrogen-bond acceptors (Lipinski definition) is 13. The summed E-state index contributed by atoms with van der Waals surface area (Å²) in [4.78, 5) is 0. The van der Waals surface area contributed by atoms with Crippen LogP contribution in [0.15, 0.2) is 0 Å². The Morgan fingerprint density at radius 3 is 2.22 bits per heavy atom. The van der Waals surface area contributed by atoms with Gasteiger partial charge in [-0.15, -0.1) is 0 Å². The minimum Gasteiger partial charge on any atom is -0.394 e. The average molecular weight is 727 g/mol. The molecule has 4 heterocycles. The summed E-state index contributed by atoms with van der Waals surface area (Å²) in [5.74, 6) is 1.89. The highest BCUT2D eigenvalue weighted by molar-refractivity contribution is 5.16. The molecule has 8 fully saturated rings. The summed E-state index contributed by atoms with van der Waals surface area (Å²) < 4.78 is 38.1. The summed E-state index contributed by atoms with van der Waals surface area (Å²) >= 11 is 0. The van der Waals surface area contributed by atoms with E-state index in [1.54, 1.807) is 0 Å². The van der Waals surface area contributed by atoms with Gasteiger partial charge in [-0.05, 0) is 97.7 Å². The Morgan fingerprint density at radius 2 is 1.49 bits per heavy atom. The molecule has 0 amide bonds. The van der Waals surface area contributed by atoms with E-state index in [0.717, 1.165) is 51.6 Å². The quantitative estimate of drug-likeness (QED) is 0.199. The third kappa shape index (κ3) is 5.90. The van der Waals surface area contributed by atoms with Crippen molar-refractivity contribution in [2.24, 2.45) is 52.3 Å². The molecule has 1 spiro atoms. The van der Waals surface area contributed by atoms with Gasteiger partial charge < -0.3 is 64.2 Å². The van der Waals surface area contributed by atoms with Crippen LogP contribution < -0.4 is 0 Å². The lowest BCUT2D eigenvalue weighted by atomic mass is 9.43. The van der Waals surface area contributed by atoms with Crippen molar-refractivity contribution in [1.29, 1.82) is 0 Å². The van der Waals surface area contributed by atoms with Crippen LogP contribution in [0.2, 0.25) is 0 Å². The molecule has 4 saturated carbocycles. The molecule has 292 valence electrons. The molecule has 4 aliphatic carbocycles. The number of fused-ring (bicyclic) bond motifs is 7. The summed E-state index contributed by atoms with van der Waals surface area (Å²) in [6.45, 7) is 9.30. The van der Waals surface area contributed by atoms with Gasteiger partial charge in [0.2, 0.25) is 0 Å². The number of aliphatic hydroxyl groups excluding tert-OH is 7. The lowest BCUT2D eigenvalue weighted by Gasteiger charge is -2.63. The van der Waals surface area contributed by atoms with Gasteiger partial charge in [-0.1, -0.05) is 27.7 Å². The molecule has 0 bridgehead atoms. The van der Waals surface area contributed by atoms with Gasteiger partial charge in [0.25, 0.3) is 0 Å². The molecule has 22 atom stereocenters. The number of ether oxygens (including phenoxy) is 6. The summed E-state index contributed by atoms with van der Waals surface area (Å²) in [5.41, 5.74) is -0.0527. The highest BCUT2D eigenvalue weighted by Gasteiger charge is 2.70. The Bertz CT molecular complexity index is 1250. The van der Waals surface area contributed by atoms with Crippen molar-refractivity contribution in [3.05, 3.63) is 0 Å². The van der Waals surface area contributed by atoms with Crippen LogP contribution in [0.3, 0.4) is 0 Å². The minimum absolute atomic E-state index is 0.0156. The van der Waals surface area contributed by atoms with Gasteiger partial charge in [-0.3, -0.25) is 0 Å². The molecule has 0 aromatic carbocycles. The second-order valence-corrected chi connectivity index (χ2v) is 18.4. The Morgan fingerprint density at radius 1 is 0.725 bits per heavy atom. The maximum absolute atomic E-state index is 11.3. The van der Waals surface area contributed by atoms with Crippen LogP contribution in [0.5, 0.6) is 0 Å². The van der Waals surface area contributed by atoms with Crippen molar-refractivity contribution in [2.75, 3.05) is 19.8 Å². The van der Waals surface area contributed by atoms with Gasteiger partial charge in [-0.2, -0.15) is 0 Å². The molecule has 51 heavy (non-hydrogen) atoms. The van der Waals surface area contributed by atoms with Gasteiger partial charge in [0, 0.05) is 12.3 Å². The average Bonchev–Trinajstić information content (AvgIpc) is 3.55. The molecule has 8 rings (SSSR count). The maximum atomic E-state index is 11.3. The predicted octanol–water partition coefficient (Wildman–Crippen LogP) is 1.05. The predicted molar refractivity (Wildman–Crippen MR) is 178 cm³/mol. The second kappa shape index (κ2) is 13.6. The van der Waals surface area contributed by atoms with Crippen molar-refractivity contribution in [3.63, 3.8) is 0 Å². The van der Waals surface area contributed by atoms with E-state index < -0.39 is 79.9 Å².